The minimum Gasteiger partial charge on any atom is -0.461 e. The monoisotopic (exact) mass is 303 g/mol. The number of fused-ring (bicyclic) bond motifs is 1. The van der Waals surface area contributed by atoms with Crippen molar-refractivity contribution >= 4 is 11.6 Å². The molecule has 2 aromatic heterocycles. The molecular weight excluding hydrogens is 292 g/mol. The molecule has 1 aromatic carbocycles. The molecule has 0 unspecified atom stereocenters. The highest BCUT2D eigenvalue weighted by molar-refractivity contribution is 5.95. The number of hydrogen-bond donors (Lipinski definition) is 0. The van der Waals surface area contributed by atoms with Gasteiger partial charge in [-0.3, -0.25) is 0 Å². The number of aromatic nitrogens is 3. The van der Waals surface area contributed by atoms with Crippen LogP contribution in [0.25, 0.3) is 16.9 Å². The maximum Gasteiger partial charge on any atom is 0.359 e. The number of carbonyl (C=O) groups excluding carboxylic acids is 1. The van der Waals surface area contributed by atoms with Gasteiger partial charge in [0.2, 0.25) is 0 Å². The van der Waals surface area contributed by atoms with Crippen molar-refractivity contribution < 1.29 is 18.3 Å². The first-order valence-electron chi connectivity index (χ1n) is 6.58. The summed E-state index contributed by atoms with van der Waals surface area (Å²) in [5.41, 5.74) is 0.442. The molecule has 0 amide bonds. The Balaban J connectivity index is 2.28. The molecule has 0 N–H and O–H groups in total. The van der Waals surface area contributed by atoms with Crippen LogP contribution >= 0.6 is 0 Å². The zero-order chi connectivity index (χ0) is 15.7. The van der Waals surface area contributed by atoms with Crippen molar-refractivity contribution in [2.45, 2.75) is 6.92 Å². The Kier molecular flexibility index (Phi) is 3.54. The van der Waals surface area contributed by atoms with E-state index in [4.69, 9.17) is 4.74 Å². The van der Waals surface area contributed by atoms with Gasteiger partial charge in [0.05, 0.1) is 6.61 Å². The minimum absolute atomic E-state index is 0.00274. The van der Waals surface area contributed by atoms with E-state index >= 15 is 0 Å². The average molecular weight is 303 g/mol. The van der Waals surface area contributed by atoms with E-state index in [0.717, 1.165) is 12.1 Å². The van der Waals surface area contributed by atoms with Crippen LogP contribution in [-0.4, -0.2) is 27.2 Å². The lowest BCUT2D eigenvalue weighted by Crippen LogP contribution is -2.11. The Bertz CT molecular complexity index is 861. The van der Waals surface area contributed by atoms with Gasteiger partial charge < -0.3 is 4.74 Å². The Morgan fingerprint density at radius 1 is 1.32 bits per heavy atom. The van der Waals surface area contributed by atoms with E-state index in [-0.39, 0.29) is 23.6 Å². The summed E-state index contributed by atoms with van der Waals surface area (Å²) in [6.45, 7) is 1.82. The molecule has 0 radical (unpaired) electrons. The minimum atomic E-state index is -0.811. The molecule has 0 aliphatic heterocycles. The zero-order valence-corrected chi connectivity index (χ0v) is 11.6. The number of benzene rings is 1. The SMILES string of the molecule is CCOC(=O)c1c(-c2ccc(F)cc2F)nc2cccnn12. The van der Waals surface area contributed by atoms with E-state index in [0.29, 0.717) is 5.65 Å². The first-order valence-corrected chi connectivity index (χ1v) is 6.58. The summed E-state index contributed by atoms with van der Waals surface area (Å²) in [5.74, 6) is -2.19. The second-order valence-electron chi connectivity index (χ2n) is 4.45. The number of nitrogens with zero attached hydrogens (tertiary/aromatic N) is 3. The van der Waals surface area contributed by atoms with Crippen molar-refractivity contribution in [1.29, 1.82) is 0 Å². The molecule has 0 aliphatic rings. The van der Waals surface area contributed by atoms with Gasteiger partial charge in [-0.2, -0.15) is 5.10 Å². The summed E-state index contributed by atoms with van der Waals surface area (Å²) < 4.78 is 33.4. The summed E-state index contributed by atoms with van der Waals surface area (Å²) in [6.07, 6.45) is 1.47. The molecule has 0 aliphatic carbocycles. The van der Waals surface area contributed by atoms with E-state index < -0.39 is 17.6 Å². The number of ether oxygens (including phenoxy) is 1. The third-order valence-corrected chi connectivity index (χ3v) is 3.05. The molecule has 7 heteroatoms. The smallest absolute Gasteiger partial charge is 0.359 e. The maximum absolute atomic E-state index is 14.0. The van der Waals surface area contributed by atoms with Crippen molar-refractivity contribution in [1.82, 2.24) is 14.6 Å². The van der Waals surface area contributed by atoms with Crippen LogP contribution in [0, 0.1) is 11.6 Å². The molecular formula is C15H11F2N3O2. The van der Waals surface area contributed by atoms with E-state index in [1.165, 1.54) is 16.8 Å². The van der Waals surface area contributed by atoms with Gasteiger partial charge >= 0.3 is 5.97 Å². The number of rotatable bonds is 3. The van der Waals surface area contributed by atoms with Crippen LogP contribution in [0.4, 0.5) is 8.78 Å². The molecule has 0 atom stereocenters. The molecule has 0 saturated heterocycles. The highest BCUT2D eigenvalue weighted by atomic mass is 19.1. The van der Waals surface area contributed by atoms with Gasteiger partial charge in [-0.1, -0.05) is 0 Å². The van der Waals surface area contributed by atoms with Gasteiger partial charge in [0.15, 0.2) is 11.3 Å². The third kappa shape index (κ3) is 2.30. The number of esters is 1. The quantitative estimate of drug-likeness (QED) is 0.698. The third-order valence-electron chi connectivity index (χ3n) is 3.05. The summed E-state index contributed by atoms with van der Waals surface area (Å²) in [5, 5.41) is 4.03. The van der Waals surface area contributed by atoms with Gasteiger partial charge in [-0.05, 0) is 31.2 Å². The fourth-order valence-electron chi connectivity index (χ4n) is 2.14. The van der Waals surface area contributed by atoms with E-state index in [2.05, 4.69) is 10.1 Å². The van der Waals surface area contributed by atoms with E-state index in [9.17, 15) is 13.6 Å². The van der Waals surface area contributed by atoms with Gasteiger partial charge in [-0.15, -0.1) is 0 Å². The predicted molar refractivity (Wildman–Crippen MR) is 74.3 cm³/mol. The average Bonchev–Trinajstić information content (AvgIpc) is 2.86. The van der Waals surface area contributed by atoms with Crippen molar-refractivity contribution in [2.75, 3.05) is 6.61 Å². The topological polar surface area (TPSA) is 56.5 Å². The van der Waals surface area contributed by atoms with Crippen molar-refractivity contribution in [3.05, 3.63) is 53.9 Å². The van der Waals surface area contributed by atoms with Crippen molar-refractivity contribution in [3.63, 3.8) is 0 Å². The second kappa shape index (κ2) is 5.51. The molecule has 0 fully saturated rings. The number of halogens is 2. The molecule has 0 bridgehead atoms. The summed E-state index contributed by atoms with van der Waals surface area (Å²) >= 11 is 0. The van der Waals surface area contributed by atoms with Crippen LogP contribution in [0.3, 0.4) is 0 Å². The van der Waals surface area contributed by atoms with Crippen LogP contribution in [0.15, 0.2) is 36.5 Å². The molecule has 3 rings (SSSR count). The molecule has 112 valence electrons. The van der Waals surface area contributed by atoms with E-state index in [1.807, 2.05) is 0 Å². The van der Waals surface area contributed by atoms with Gasteiger partial charge in [-0.25, -0.2) is 23.1 Å². The van der Waals surface area contributed by atoms with Crippen LogP contribution in [0.2, 0.25) is 0 Å². The van der Waals surface area contributed by atoms with Crippen molar-refractivity contribution in [2.24, 2.45) is 0 Å². The molecule has 0 spiro atoms. The first kappa shape index (κ1) is 14.1. The van der Waals surface area contributed by atoms with E-state index in [1.54, 1.807) is 19.1 Å². The normalized spacial score (nSPS) is 10.9. The predicted octanol–water partition coefficient (Wildman–Crippen LogP) is 2.85. The summed E-state index contributed by atoms with van der Waals surface area (Å²) in [6, 6.07) is 6.34. The number of imidazole rings is 1. The molecule has 3 aromatic rings. The van der Waals surface area contributed by atoms with Crippen LogP contribution in [0.5, 0.6) is 0 Å². The zero-order valence-electron chi connectivity index (χ0n) is 11.6. The lowest BCUT2D eigenvalue weighted by Gasteiger charge is -2.05. The van der Waals surface area contributed by atoms with Crippen LogP contribution in [0.1, 0.15) is 17.4 Å². The highest BCUT2D eigenvalue weighted by Crippen LogP contribution is 2.27. The number of carbonyl (C=O) groups is 1. The largest absolute Gasteiger partial charge is 0.461 e. The lowest BCUT2D eigenvalue weighted by atomic mass is 10.1. The lowest BCUT2D eigenvalue weighted by molar-refractivity contribution is 0.0517. The molecule has 0 saturated carbocycles. The number of hydrogen-bond acceptors (Lipinski definition) is 4. The molecule has 22 heavy (non-hydrogen) atoms. The van der Waals surface area contributed by atoms with Crippen LogP contribution < -0.4 is 0 Å². The molecule has 5 nitrogen and oxygen atoms in total. The second-order valence-corrected chi connectivity index (χ2v) is 4.45. The van der Waals surface area contributed by atoms with Crippen molar-refractivity contribution in [3.8, 4) is 11.3 Å². The van der Waals surface area contributed by atoms with Gasteiger partial charge in [0.25, 0.3) is 0 Å². The maximum atomic E-state index is 14.0. The Labute approximate surface area is 124 Å². The summed E-state index contributed by atoms with van der Waals surface area (Å²) in [7, 11) is 0. The van der Waals surface area contributed by atoms with Gasteiger partial charge in [0.1, 0.15) is 17.3 Å². The fourth-order valence-corrected chi connectivity index (χ4v) is 2.14. The summed E-state index contributed by atoms with van der Waals surface area (Å²) in [4.78, 5) is 16.4. The highest BCUT2D eigenvalue weighted by Gasteiger charge is 2.24. The van der Waals surface area contributed by atoms with Gasteiger partial charge in [0, 0.05) is 17.8 Å². The van der Waals surface area contributed by atoms with Crippen LogP contribution in [-0.2, 0) is 4.74 Å². The Morgan fingerprint density at radius 2 is 2.14 bits per heavy atom. The molecule has 2 heterocycles. The fraction of sp³-hybridized carbons (Fsp3) is 0.133. The first-order chi connectivity index (χ1) is 10.6. The standard InChI is InChI=1S/C15H11F2N3O2/c1-2-22-15(21)14-13(10-6-5-9(16)8-11(10)17)19-12-4-3-7-18-20(12)14/h3-8H,2H2,1H3. The Hall–Kier alpha value is -2.83. The Morgan fingerprint density at radius 3 is 2.86 bits per heavy atom.